The van der Waals surface area contributed by atoms with Gasteiger partial charge in [0.2, 0.25) is 0 Å². The summed E-state index contributed by atoms with van der Waals surface area (Å²) in [6.07, 6.45) is 4.66. The van der Waals surface area contributed by atoms with Gasteiger partial charge >= 0.3 is 0 Å². The number of nitrogens with zero attached hydrogens (tertiary/aromatic N) is 1. The van der Waals surface area contributed by atoms with E-state index >= 15 is 0 Å². The first-order valence-corrected chi connectivity index (χ1v) is 5.62. The van der Waals surface area contributed by atoms with Crippen molar-refractivity contribution < 1.29 is 4.92 Å². The molecule has 0 radical (unpaired) electrons. The number of hydrogen-bond donors (Lipinski definition) is 1. The van der Waals surface area contributed by atoms with Crippen molar-refractivity contribution in [3.8, 4) is 0 Å². The van der Waals surface area contributed by atoms with Gasteiger partial charge in [-0.2, -0.15) is 0 Å². The largest absolute Gasteiger partial charge is 0.310 e. The molecule has 0 unspecified atom stereocenters. The van der Waals surface area contributed by atoms with Crippen molar-refractivity contribution in [1.29, 1.82) is 0 Å². The SMILES string of the molecule is CNC1(c2ccc([N+](=O)[O-])cc2)CCCC1. The normalized spacial score (nSPS) is 18.6. The third-order valence-corrected chi connectivity index (χ3v) is 3.57. The predicted molar refractivity (Wildman–Crippen MR) is 62.3 cm³/mol. The molecular weight excluding hydrogens is 204 g/mol. The third kappa shape index (κ3) is 1.80. The van der Waals surface area contributed by atoms with E-state index in [0.717, 1.165) is 18.4 Å². The predicted octanol–water partition coefficient (Wildman–Crippen LogP) is 2.58. The van der Waals surface area contributed by atoms with Crippen molar-refractivity contribution in [1.82, 2.24) is 5.32 Å². The molecule has 86 valence electrons. The van der Waals surface area contributed by atoms with E-state index in [1.54, 1.807) is 12.1 Å². The molecule has 0 aromatic heterocycles. The molecule has 0 aliphatic heterocycles. The van der Waals surface area contributed by atoms with Gasteiger partial charge in [-0.15, -0.1) is 0 Å². The maximum absolute atomic E-state index is 10.6. The fourth-order valence-electron chi connectivity index (χ4n) is 2.56. The zero-order valence-electron chi connectivity index (χ0n) is 9.40. The summed E-state index contributed by atoms with van der Waals surface area (Å²) in [6.45, 7) is 0. The van der Waals surface area contributed by atoms with E-state index in [4.69, 9.17) is 0 Å². The van der Waals surface area contributed by atoms with Gasteiger partial charge < -0.3 is 5.32 Å². The Kier molecular flexibility index (Phi) is 2.92. The van der Waals surface area contributed by atoms with Crippen LogP contribution >= 0.6 is 0 Å². The average molecular weight is 220 g/mol. The van der Waals surface area contributed by atoms with Gasteiger partial charge in [0.15, 0.2) is 0 Å². The van der Waals surface area contributed by atoms with Crippen molar-refractivity contribution in [3.63, 3.8) is 0 Å². The number of nitrogens with one attached hydrogen (secondary N) is 1. The minimum atomic E-state index is -0.357. The van der Waals surface area contributed by atoms with Crippen LogP contribution < -0.4 is 5.32 Å². The van der Waals surface area contributed by atoms with Crippen molar-refractivity contribution >= 4 is 5.69 Å². The summed E-state index contributed by atoms with van der Waals surface area (Å²) in [5, 5.41) is 13.9. The van der Waals surface area contributed by atoms with Crippen LogP contribution in [0, 0.1) is 10.1 Å². The average Bonchev–Trinajstić information content (AvgIpc) is 2.79. The number of nitro groups is 1. The summed E-state index contributed by atoms with van der Waals surface area (Å²) in [5.41, 5.74) is 1.36. The molecule has 16 heavy (non-hydrogen) atoms. The summed E-state index contributed by atoms with van der Waals surface area (Å²) in [5.74, 6) is 0. The minimum Gasteiger partial charge on any atom is -0.310 e. The Morgan fingerprint density at radius 3 is 2.25 bits per heavy atom. The maximum Gasteiger partial charge on any atom is 0.269 e. The van der Waals surface area contributed by atoms with Crippen LogP contribution in [0.2, 0.25) is 0 Å². The summed E-state index contributed by atoms with van der Waals surface area (Å²) < 4.78 is 0. The second-order valence-corrected chi connectivity index (χ2v) is 4.34. The molecule has 2 rings (SSSR count). The third-order valence-electron chi connectivity index (χ3n) is 3.57. The highest BCUT2D eigenvalue weighted by atomic mass is 16.6. The number of rotatable bonds is 3. The lowest BCUT2D eigenvalue weighted by Crippen LogP contribution is -2.36. The molecule has 1 aromatic carbocycles. The number of hydrogen-bond acceptors (Lipinski definition) is 3. The Labute approximate surface area is 94.8 Å². The van der Waals surface area contributed by atoms with Crippen LogP contribution in [-0.2, 0) is 5.54 Å². The highest BCUT2D eigenvalue weighted by Gasteiger charge is 2.33. The second kappa shape index (κ2) is 4.22. The van der Waals surface area contributed by atoms with E-state index in [9.17, 15) is 10.1 Å². The van der Waals surface area contributed by atoms with Gasteiger partial charge in [-0.1, -0.05) is 25.0 Å². The van der Waals surface area contributed by atoms with Crippen LogP contribution in [0.5, 0.6) is 0 Å². The Bertz CT molecular complexity index is 381. The molecule has 0 atom stereocenters. The number of non-ortho nitro benzene ring substituents is 1. The smallest absolute Gasteiger partial charge is 0.269 e. The van der Waals surface area contributed by atoms with Crippen LogP contribution in [0.1, 0.15) is 31.2 Å². The second-order valence-electron chi connectivity index (χ2n) is 4.34. The fourth-order valence-corrected chi connectivity index (χ4v) is 2.56. The van der Waals surface area contributed by atoms with E-state index in [1.165, 1.54) is 12.8 Å². The van der Waals surface area contributed by atoms with Gasteiger partial charge in [-0.25, -0.2) is 0 Å². The highest BCUT2D eigenvalue weighted by Crippen LogP contribution is 2.38. The lowest BCUT2D eigenvalue weighted by Gasteiger charge is -2.29. The fraction of sp³-hybridized carbons (Fsp3) is 0.500. The molecule has 1 aromatic rings. The molecule has 1 aliphatic carbocycles. The summed E-state index contributed by atoms with van der Waals surface area (Å²) in [6, 6.07) is 6.93. The summed E-state index contributed by atoms with van der Waals surface area (Å²) in [4.78, 5) is 10.2. The van der Waals surface area contributed by atoms with E-state index in [-0.39, 0.29) is 16.1 Å². The van der Waals surface area contributed by atoms with E-state index < -0.39 is 0 Å². The van der Waals surface area contributed by atoms with Crippen molar-refractivity contribution in [2.45, 2.75) is 31.2 Å². The van der Waals surface area contributed by atoms with Crippen LogP contribution in [-0.4, -0.2) is 12.0 Å². The molecule has 4 heteroatoms. The van der Waals surface area contributed by atoms with Crippen molar-refractivity contribution in [2.75, 3.05) is 7.05 Å². The van der Waals surface area contributed by atoms with Crippen molar-refractivity contribution in [2.24, 2.45) is 0 Å². The van der Waals surface area contributed by atoms with Gasteiger partial charge in [0.05, 0.1) is 4.92 Å². The quantitative estimate of drug-likeness (QED) is 0.629. The molecule has 0 amide bonds. The topological polar surface area (TPSA) is 55.2 Å². The first-order valence-electron chi connectivity index (χ1n) is 5.62. The van der Waals surface area contributed by atoms with Crippen LogP contribution in [0.4, 0.5) is 5.69 Å². The molecule has 0 heterocycles. The Hall–Kier alpha value is -1.42. The Balaban J connectivity index is 2.29. The zero-order chi connectivity index (χ0) is 11.6. The van der Waals surface area contributed by atoms with Gasteiger partial charge in [0.25, 0.3) is 5.69 Å². The van der Waals surface area contributed by atoms with E-state index in [0.29, 0.717) is 0 Å². The molecule has 1 fully saturated rings. The summed E-state index contributed by atoms with van der Waals surface area (Å²) in [7, 11) is 1.97. The molecule has 1 aliphatic rings. The molecule has 4 nitrogen and oxygen atoms in total. The first-order chi connectivity index (χ1) is 7.68. The van der Waals surface area contributed by atoms with Crippen LogP contribution in [0.15, 0.2) is 24.3 Å². The number of nitro benzene ring substituents is 1. The van der Waals surface area contributed by atoms with Crippen LogP contribution in [0.3, 0.4) is 0 Å². The Morgan fingerprint density at radius 1 is 1.25 bits per heavy atom. The standard InChI is InChI=1S/C12H16N2O2/c1-13-12(8-2-3-9-12)10-4-6-11(7-5-10)14(15)16/h4-7,13H,2-3,8-9H2,1H3. The van der Waals surface area contributed by atoms with Gasteiger partial charge in [-0.3, -0.25) is 10.1 Å². The van der Waals surface area contributed by atoms with Crippen LogP contribution in [0.25, 0.3) is 0 Å². The van der Waals surface area contributed by atoms with E-state index in [1.807, 2.05) is 19.2 Å². The molecule has 0 saturated heterocycles. The number of benzene rings is 1. The van der Waals surface area contributed by atoms with E-state index in [2.05, 4.69) is 5.32 Å². The Morgan fingerprint density at radius 2 is 1.81 bits per heavy atom. The molecule has 1 saturated carbocycles. The lowest BCUT2D eigenvalue weighted by molar-refractivity contribution is -0.384. The lowest BCUT2D eigenvalue weighted by atomic mass is 9.88. The maximum atomic E-state index is 10.6. The monoisotopic (exact) mass is 220 g/mol. The molecular formula is C12H16N2O2. The highest BCUT2D eigenvalue weighted by molar-refractivity contribution is 5.36. The van der Waals surface area contributed by atoms with Gasteiger partial charge in [0, 0.05) is 17.7 Å². The molecule has 1 N–H and O–H groups in total. The molecule has 0 spiro atoms. The molecule has 0 bridgehead atoms. The van der Waals surface area contributed by atoms with Gasteiger partial charge in [0.1, 0.15) is 0 Å². The summed E-state index contributed by atoms with van der Waals surface area (Å²) >= 11 is 0. The zero-order valence-corrected chi connectivity index (χ0v) is 9.40. The van der Waals surface area contributed by atoms with Gasteiger partial charge in [-0.05, 0) is 25.5 Å². The minimum absolute atomic E-state index is 0.0368. The van der Waals surface area contributed by atoms with Crippen molar-refractivity contribution in [3.05, 3.63) is 39.9 Å². The first kappa shape index (κ1) is 11.1.